The van der Waals surface area contributed by atoms with E-state index in [4.69, 9.17) is 0 Å². The highest BCUT2D eigenvalue weighted by Gasteiger charge is 2.37. The first-order valence-corrected chi connectivity index (χ1v) is 7.17. The summed E-state index contributed by atoms with van der Waals surface area (Å²) in [7, 11) is 0. The molecule has 2 saturated carbocycles. The Kier molecular flexibility index (Phi) is 3.01. The van der Waals surface area contributed by atoms with Crippen molar-refractivity contribution in [3.05, 3.63) is 0 Å². The Bertz CT molecular complexity index is 193. The van der Waals surface area contributed by atoms with Gasteiger partial charge in [-0.2, -0.15) is 0 Å². The minimum Gasteiger partial charge on any atom is -0.300 e. The zero-order valence-electron chi connectivity index (χ0n) is 9.96. The Balaban J connectivity index is 1.59. The lowest BCUT2D eigenvalue weighted by Gasteiger charge is -2.31. The molecule has 0 aromatic carbocycles. The van der Waals surface area contributed by atoms with Gasteiger partial charge in [-0.15, -0.1) is 0 Å². The van der Waals surface area contributed by atoms with E-state index < -0.39 is 0 Å². The molecule has 2 atom stereocenters. The lowest BCUT2D eigenvalue weighted by molar-refractivity contribution is 0.182. The van der Waals surface area contributed by atoms with E-state index in [1.54, 1.807) is 0 Å². The van der Waals surface area contributed by atoms with Crippen molar-refractivity contribution >= 4 is 0 Å². The van der Waals surface area contributed by atoms with Crippen molar-refractivity contribution in [3.63, 3.8) is 0 Å². The normalized spacial score (nSPS) is 39.2. The molecule has 86 valence electrons. The molecule has 0 radical (unpaired) electrons. The maximum atomic E-state index is 2.86. The van der Waals surface area contributed by atoms with E-state index in [9.17, 15) is 0 Å². The van der Waals surface area contributed by atoms with E-state index in [1.807, 2.05) is 0 Å². The van der Waals surface area contributed by atoms with Crippen LogP contribution in [-0.2, 0) is 0 Å². The summed E-state index contributed by atoms with van der Waals surface area (Å²) >= 11 is 0. The molecule has 0 amide bonds. The van der Waals surface area contributed by atoms with Gasteiger partial charge in [0, 0.05) is 19.1 Å². The van der Waals surface area contributed by atoms with Crippen LogP contribution in [0.4, 0.5) is 0 Å². The summed E-state index contributed by atoms with van der Waals surface area (Å²) in [4.78, 5) is 2.86. The molecule has 1 saturated heterocycles. The van der Waals surface area contributed by atoms with Crippen LogP contribution in [0.3, 0.4) is 0 Å². The standard InChI is InChI=1S/C14H25N/c1-2-8-14(9-3-1)15-10-12-6-4-5-7-13(12)11-15/h12-14H,1-11H2. The van der Waals surface area contributed by atoms with Crippen LogP contribution < -0.4 is 0 Å². The molecule has 3 rings (SSSR count). The maximum Gasteiger partial charge on any atom is 0.00954 e. The van der Waals surface area contributed by atoms with Crippen molar-refractivity contribution in [3.8, 4) is 0 Å². The molecule has 0 N–H and O–H groups in total. The number of hydrogen-bond donors (Lipinski definition) is 0. The number of fused-ring (bicyclic) bond motifs is 1. The van der Waals surface area contributed by atoms with Crippen molar-refractivity contribution in [1.29, 1.82) is 0 Å². The van der Waals surface area contributed by atoms with E-state index in [0.717, 1.165) is 17.9 Å². The van der Waals surface area contributed by atoms with Crippen molar-refractivity contribution in [2.75, 3.05) is 13.1 Å². The van der Waals surface area contributed by atoms with Crippen LogP contribution >= 0.6 is 0 Å². The molecule has 3 aliphatic rings. The van der Waals surface area contributed by atoms with Gasteiger partial charge in [-0.05, 0) is 37.5 Å². The molecule has 1 heterocycles. The first-order valence-electron chi connectivity index (χ1n) is 7.17. The van der Waals surface area contributed by atoms with Gasteiger partial charge in [-0.3, -0.25) is 4.90 Å². The fourth-order valence-electron chi connectivity index (χ4n) is 4.19. The average Bonchev–Trinajstić information content (AvgIpc) is 2.74. The van der Waals surface area contributed by atoms with Crippen LogP contribution in [0.25, 0.3) is 0 Å². The molecule has 1 nitrogen and oxygen atoms in total. The molecule has 0 spiro atoms. The van der Waals surface area contributed by atoms with Crippen LogP contribution in [0.15, 0.2) is 0 Å². The largest absolute Gasteiger partial charge is 0.300 e. The second-order valence-corrected chi connectivity index (χ2v) is 6.05. The van der Waals surface area contributed by atoms with E-state index in [0.29, 0.717) is 0 Å². The summed E-state index contributed by atoms with van der Waals surface area (Å²) in [6.45, 7) is 2.91. The Morgan fingerprint density at radius 2 is 1.13 bits per heavy atom. The Morgan fingerprint density at radius 3 is 1.73 bits per heavy atom. The highest BCUT2D eigenvalue weighted by atomic mass is 15.2. The van der Waals surface area contributed by atoms with Gasteiger partial charge in [0.2, 0.25) is 0 Å². The summed E-state index contributed by atoms with van der Waals surface area (Å²) in [6.07, 6.45) is 13.6. The fourth-order valence-corrected chi connectivity index (χ4v) is 4.19. The van der Waals surface area contributed by atoms with Gasteiger partial charge < -0.3 is 0 Å². The van der Waals surface area contributed by atoms with Gasteiger partial charge in [0.05, 0.1) is 0 Å². The smallest absolute Gasteiger partial charge is 0.00954 e. The van der Waals surface area contributed by atoms with Gasteiger partial charge in [0.15, 0.2) is 0 Å². The number of rotatable bonds is 1. The summed E-state index contributed by atoms with van der Waals surface area (Å²) < 4.78 is 0. The van der Waals surface area contributed by atoms with Crippen LogP contribution in [0.2, 0.25) is 0 Å². The Morgan fingerprint density at radius 1 is 0.600 bits per heavy atom. The van der Waals surface area contributed by atoms with E-state index >= 15 is 0 Å². The maximum absolute atomic E-state index is 2.86. The van der Waals surface area contributed by atoms with E-state index in [-0.39, 0.29) is 0 Å². The second kappa shape index (κ2) is 4.45. The third-order valence-corrected chi connectivity index (χ3v) is 5.10. The molecule has 2 unspecified atom stereocenters. The topological polar surface area (TPSA) is 3.24 Å². The highest BCUT2D eigenvalue weighted by molar-refractivity contribution is 4.90. The molecule has 0 aromatic heterocycles. The molecule has 1 aliphatic heterocycles. The summed E-state index contributed by atoms with van der Waals surface area (Å²) in [5.74, 6) is 2.17. The number of hydrogen-bond acceptors (Lipinski definition) is 1. The van der Waals surface area contributed by atoms with Crippen LogP contribution in [-0.4, -0.2) is 24.0 Å². The number of nitrogens with zero attached hydrogens (tertiary/aromatic N) is 1. The summed E-state index contributed by atoms with van der Waals surface area (Å²) in [5, 5.41) is 0. The van der Waals surface area contributed by atoms with Crippen LogP contribution in [0.1, 0.15) is 57.8 Å². The third-order valence-electron chi connectivity index (χ3n) is 5.10. The molecule has 3 fully saturated rings. The molecule has 15 heavy (non-hydrogen) atoms. The highest BCUT2D eigenvalue weighted by Crippen LogP contribution is 2.38. The first-order chi connectivity index (χ1) is 7.43. The zero-order valence-corrected chi connectivity index (χ0v) is 9.96. The monoisotopic (exact) mass is 207 g/mol. The van der Waals surface area contributed by atoms with Gasteiger partial charge in [-0.25, -0.2) is 0 Å². The molecule has 2 aliphatic carbocycles. The Labute approximate surface area is 94.2 Å². The molecule has 1 heteroatoms. The molecule has 0 aromatic rings. The lowest BCUT2D eigenvalue weighted by atomic mass is 9.82. The first kappa shape index (κ1) is 10.1. The average molecular weight is 207 g/mol. The van der Waals surface area contributed by atoms with Gasteiger partial charge in [0.1, 0.15) is 0 Å². The third kappa shape index (κ3) is 2.08. The summed E-state index contributed by atoms with van der Waals surface area (Å²) in [6, 6.07) is 0.976. The van der Waals surface area contributed by atoms with Gasteiger partial charge >= 0.3 is 0 Å². The molecular weight excluding hydrogens is 182 g/mol. The predicted molar refractivity (Wildman–Crippen MR) is 63.9 cm³/mol. The lowest BCUT2D eigenvalue weighted by Crippen LogP contribution is -2.35. The number of likely N-dealkylation sites (tertiary alicyclic amines) is 1. The zero-order chi connectivity index (χ0) is 10.1. The SMILES string of the molecule is C1CCC(N2CC3CCCCC3C2)CC1. The van der Waals surface area contributed by atoms with Gasteiger partial charge in [0.25, 0.3) is 0 Å². The van der Waals surface area contributed by atoms with Crippen molar-refractivity contribution in [2.45, 2.75) is 63.8 Å². The van der Waals surface area contributed by atoms with Crippen molar-refractivity contribution in [1.82, 2.24) is 4.90 Å². The molecular formula is C14H25N. The minimum atomic E-state index is 0.976. The quantitative estimate of drug-likeness (QED) is 0.636. The second-order valence-electron chi connectivity index (χ2n) is 6.05. The Hall–Kier alpha value is -0.0400. The summed E-state index contributed by atoms with van der Waals surface area (Å²) in [5.41, 5.74) is 0. The van der Waals surface area contributed by atoms with E-state index in [2.05, 4.69) is 4.90 Å². The minimum absolute atomic E-state index is 0.976. The molecule has 0 bridgehead atoms. The van der Waals surface area contributed by atoms with Crippen molar-refractivity contribution in [2.24, 2.45) is 11.8 Å². The van der Waals surface area contributed by atoms with Crippen LogP contribution in [0, 0.1) is 11.8 Å². The van der Waals surface area contributed by atoms with Gasteiger partial charge in [-0.1, -0.05) is 32.1 Å². The van der Waals surface area contributed by atoms with Crippen molar-refractivity contribution < 1.29 is 0 Å². The van der Waals surface area contributed by atoms with E-state index in [1.165, 1.54) is 70.9 Å². The predicted octanol–water partition coefficient (Wildman–Crippen LogP) is 3.44. The fraction of sp³-hybridized carbons (Fsp3) is 1.00. The van der Waals surface area contributed by atoms with Crippen LogP contribution in [0.5, 0.6) is 0 Å².